The van der Waals surface area contributed by atoms with Crippen molar-refractivity contribution in [2.24, 2.45) is 0 Å². The fourth-order valence-corrected chi connectivity index (χ4v) is 3.73. The molecule has 0 aliphatic carbocycles. The lowest BCUT2D eigenvalue weighted by Gasteiger charge is -2.41. The molecule has 2 aromatic carbocycles. The van der Waals surface area contributed by atoms with Gasteiger partial charge in [0.05, 0.1) is 6.20 Å². The number of rotatable bonds is 4. The molecular formula is C22H20N4. The molecule has 4 heteroatoms. The molecule has 4 aromatic rings. The van der Waals surface area contributed by atoms with Crippen LogP contribution >= 0.6 is 0 Å². The Morgan fingerprint density at radius 1 is 0.923 bits per heavy atom. The highest BCUT2D eigenvalue weighted by molar-refractivity contribution is 5.76. The molecule has 128 valence electrons. The standard InChI is InChI=1S/C22H20N4/c1-3-7-18(8-4-1)20-14-24-26-16-17(13-23-22(20)26)15-25-12-11-21(25)19-9-5-2-6-10-19/h1-10,13-14,16,21H,11-12,15H2/t21-/m0/s1. The van der Waals surface area contributed by atoms with Gasteiger partial charge in [-0.25, -0.2) is 9.50 Å². The van der Waals surface area contributed by atoms with Crippen molar-refractivity contribution in [2.75, 3.05) is 6.54 Å². The Morgan fingerprint density at radius 3 is 2.42 bits per heavy atom. The van der Waals surface area contributed by atoms with Crippen LogP contribution in [-0.2, 0) is 6.54 Å². The summed E-state index contributed by atoms with van der Waals surface area (Å²) in [6.45, 7) is 2.04. The van der Waals surface area contributed by atoms with Crippen LogP contribution in [0, 0.1) is 0 Å². The maximum atomic E-state index is 4.70. The second kappa shape index (κ2) is 6.39. The van der Waals surface area contributed by atoms with Gasteiger partial charge in [0.25, 0.3) is 0 Å². The molecular weight excluding hydrogens is 320 g/mol. The monoisotopic (exact) mass is 340 g/mol. The molecule has 0 radical (unpaired) electrons. The van der Waals surface area contributed by atoms with Gasteiger partial charge in [0.2, 0.25) is 0 Å². The Balaban J connectivity index is 1.39. The fraction of sp³-hybridized carbons (Fsp3) is 0.182. The minimum Gasteiger partial charge on any atom is -0.292 e. The minimum absolute atomic E-state index is 0.518. The summed E-state index contributed by atoms with van der Waals surface area (Å²) in [5, 5.41) is 4.52. The smallest absolute Gasteiger partial charge is 0.162 e. The summed E-state index contributed by atoms with van der Waals surface area (Å²) in [5.41, 5.74) is 5.72. The topological polar surface area (TPSA) is 33.4 Å². The summed E-state index contributed by atoms with van der Waals surface area (Å²) >= 11 is 0. The van der Waals surface area contributed by atoms with Gasteiger partial charge in [-0.05, 0) is 17.5 Å². The second-order valence-corrected chi connectivity index (χ2v) is 6.84. The first-order valence-corrected chi connectivity index (χ1v) is 9.05. The average molecular weight is 340 g/mol. The number of hydrogen-bond donors (Lipinski definition) is 0. The van der Waals surface area contributed by atoms with Crippen LogP contribution in [0.25, 0.3) is 16.8 Å². The summed E-state index contributed by atoms with van der Waals surface area (Å²) < 4.78 is 1.90. The normalized spacial score (nSPS) is 17.3. The molecule has 0 N–H and O–H groups in total. The van der Waals surface area contributed by atoms with Gasteiger partial charge >= 0.3 is 0 Å². The number of hydrogen-bond acceptors (Lipinski definition) is 3. The zero-order valence-electron chi connectivity index (χ0n) is 14.5. The highest BCUT2D eigenvalue weighted by atomic mass is 15.2. The van der Waals surface area contributed by atoms with E-state index >= 15 is 0 Å². The number of aromatic nitrogens is 3. The summed E-state index contributed by atoms with van der Waals surface area (Å²) in [6.07, 6.45) is 7.22. The number of nitrogens with zero attached hydrogens (tertiary/aromatic N) is 4. The first-order valence-electron chi connectivity index (χ1n) is 9.05. The third-order valence-electron chi connectivity index (χ3n) is 5.20. The van der Waals surface area contributed by atoms with E-state index < -0.39 is 0 Å². The van der Waals surface area contributed by atoms with Gasteiger partial charge in [0, 0.05) is 42.7 Å². The molecule has 0 spiro atoms. The molecule has 5 rings (SSSR count). The third-order valence-corrected chi connectivity index (χ3v) is 5.20. The molecule has 1 aliphatic heterocycles. The molecule has 0 amide bonds. The van der Waals surface area contributed by atoms with Crippen LogP contribution < -0.4 is 0 Å². The first kappa shape index (κ1) is 15.3. The Labute approximate surface area is 152 Å². The molecule has 0 saturated carbocycles. The molecule has 3 heterocycles. The van der Waals surface area contributed by atoms with Crippen LogP contribution in [-0.4, -0.2) is 26.0 Å². The van der Waals surface area contributed by atoms with Crippen molar-refractivity contribution < 1.29 is 0 Å². The lowest BCUT2D eigenvalue weighted by atomic mass is 9.94. The van der Waals surface area contributed by atoms with E-state index in [0.717, 1.165) is 29.9 Å². The predicted molar refractivity (Wildman–Crippen MR) is 103 cm³/mol. The highest BCUT2D eigenvalue weighted by Crippen LogP contribution is 2.34. The molecule has 26 heavy (non-hydrogen) atoms. The number of likely N-dealkylation sites (tertiary alicyclic amines) is 1. The van der Waals surface area contributed by atoms with Gasteiger partial charge in [-0.15, -0.1) is 0 Å². The zero-order valence-corrected chi connectivity index (χ0v) is 14.5. The van der Waals surface area contributed by atoms with Crippen LogP contribution in [0.2, 0.25) is 0 Å². The molecule has 1 fully saturated rings. The number of benzene rings is 2. The average Bonchev–Trinajstić information content (AvgIpc) is 3.10. The van der Waals surface area contributed by atoms with E-state index in [9.17, 15) is 0 Å². The summed E-state index contributed by atoms with van der Waals surface area (Å²) in [5.74, 6) is 0. The summed E-state index contributed by atoms with van der Waals surface area (Å²) in [6, 6.07) is 21.6. The van der Waals surface area contributed by atoms with Gasteiger partial charge in [-0.1, -0.05) is 60.7 Å². The Bertz CT molecular complexity index is 1020. The second-order valence-electron chi connectivity index (χ2n) is 6.84. The van der Waals surface area contributed by atoms with Crippen molar-refractivity contribution in [2.45, 2.75) is 19.0 Å². The number of fused-ring (bicyclic) bond motifs is 1. The van der Waals surface area contributed by atoms with Crippen molar-refractivity contribution in [3.05, 3.63) is 90.4 Å². The van der Waals surface area contributed by atoms with Crippen molar-refractivity contribution >= 4 is 5.65 Å². The van der Waals surface area contributed by atoms with E-state index in [1.165, 1.54) is 17.5 Å². The van der Waals surface area contributed by atoms with E-state index in [-0.39, 0.29) is 0 Å². The van der Waals surface area contributed by atoms with Gasteiger partial charge in [0.1, 0.15) is 0 Å². The fourth-order valence-electron chi connectivity index (χ4n) is 3.73. The minimum atomic E-state index is 0.518. The van der Waals surface area contributed by atoms with Gasteiger partial charge in [0.15, 0.2) is 5.65 Å². The molecule has 0 bridgehead atoms. The van der Waals surface area contributed by atoms with E-state index in [4.69, 9.17) is 4.98 Å². The lowest BCUT2D eigenvalue weighted by molar-refractivity contribution is 0.0816. The van der Waals surface area contributed by atoms with Crippen molar-refractivity contribution in [3.63, 3.8) is 0 Å². The van der Waals surface area contributed by atoms with Crippen LogP contribution in [0.1, 0.15) is 23.6 Å². The van der Waals surface area contributed by atoms with Crippen molar-refractivity contribution in [3.8, 4) is 11.1 Å². The molecule has 1 saturated heterocycles. The van der Waals surface area contributed by atoms with Crippen LogP contribution in [0.3, 0.4) is 0 Å². The molecule has 1 atom stereocenters. The van der Waals surface area contributed by atoms with Crippen molar-refractivity contribution in [1.82, 2.24) is 19.5 Å². The summed E-state index contributed by atoms with van der Waals surface area (Å²) in [7, 11) is 0. The van der Waals surface area contributed by atoms with E-state index in [1.54, 1.807) is 0 Å². The maximum Gasteiger partial charge on any atom is 0.162 e. The van der Waals surface area contributed by atoms with E-state index in [1.807, 2.05) is 35.1 Å². The predicted octanol–water partition coefficient (Wildman–Crippen LogP) is 4.34. The molecule has 0 unspecified atom stereocenters. The van der Waals surface area contributed by atoms with E-state index in [2.05, 4.69) is 58.7 Å². The molecule has 1 aliphatic rings. The lowest BCUT2D eigenvalue weighted by Crippen LogP contribution is -2.40. The highest BCUT2D eigenvalue weighted by Gasteiger charge is 2.29. The van der Waals surface area contributed by atoms with Crippen LogP contribution in [0.5, 0.6) is 0 Å². The Hall–Kier alpha value is -2.98. The zero-order chi connectivity index (χ0) is 17.3. The maximum absolute atomic E-state index is 4.70. The van der Waals surface area contributed by atoms with E-state index in [0.29, 0.717) is 6.04 Å². The van der Waals surface area contributed by atoms with Crippen LogP contribution in [0.15, 0.2) is 79.3 Å². The Kier molecular flexibility index (Phi) is 3.76. The first-order chi connectivity index (χ1) is 12.9. The third kappa shape index (κ3) is 2.68. The quantitative estimate of drug-likeness (QED) is 0.554. The largest absolute Gasteiger partial charge is 0.292 e. The molecule has 2 aromatic heterocycles. The molecule has 4 nitrogen and oxygen atoms in total. The van der Waals surface area contributed by atoms with Gasteiger partial charge in [-0.3, -0.25) is 4.90 Å². The van der Waals surface area contributed by atoms with Crippen LogP contribution in [0.4, 0.5) is 0 Å². The summed E-state index contributed by atoms with van der Waals surface area (Å²) in [4.78, 5) is 7.20. The van der Waals surface area contributed by atoms with Crippen molar-refractivity contribution in [1.29, 1.82) is 0 Å². The van der Waals surface area contributed by atoms with Gasteiger partial charge < -0.3 is 0 Å². The SMILES string of the molecule is c1ccc(-c2cnn3cc(CN4CC[C@H]4c4ccccc4)cnc23)cc1. The van der Waals surface area contributed by atoms with Gasteiger partial charge in [-0.2, -0.15) is 5.10 Å². The Morgan fingerprint density at radius 2 is 1.69 bits per heavy atom.